The molecule has 0 aliphatic heterocycles. The van der Waals surface area contributed by atoms with E-state index in [2.05, 4.69) is 4.98 Å². The van der Waals surface area contributed by atoms with E-state index in [-0.39, 0.29) is 12.6 Å². The number of hydrogen-bond donors (Lipinski definition) is 0. The van der Waals surface area contributed by atoms with E-state index in [1.54, 1.807) is 24.6 Å². The van der Waals surface area contributed by atoms with Crippen molar-refractivity contribution in [1.82, 2.24) is 4.98 Å². The molecular formula is C12H9NO4. The molecular weight excluding hydrogens is 222 g/mol. The predicted octanol–water partition coefficient (Wildman–Crippen LogP) is 2.64. The average molecular weight is 231 g/mol. The number of ether oxygens (including phenoxy) is 1. The minimum absolute atomic E-state index is 0.128. The molecule has 0 fully saturated rings. The van der Waals surface area contributed by atoms with Gasteiger partial charge in [0.25, 0.3) is 0 Å². The van der Waals surface area contributed by atoms with E-state index in [1.807, 2.05) is 0 Å². The van der Waals surface area contributed by atoms with Gasteiger partial charge < -0.3 is 13.6 Å². The van der Waals surface area contributed by atoms with E-state index in [0.29, 0.717) is 17.1 Å². The molecule has 86 valence electrons. The number of fused-ring (bicyclic) bond motifs is 3. The SMILES string of the molecule is CC(=O)OCc1cc2cnc3occc3c2o1. The summed E-state index contributed by atoms with van der Waals surface area (Å²) < 4.78 is 15.7. The number of hydrogen-bond acceptors (Lipinski definition) is 5. The molecule has 0 aliphatic rings. The van der Waals surface area contributed by atoms with Gasteiger partial charge in [0.2, 0.25) is 5.71 Å². The fourth-order valence-corrected chi connectivity index (χ4v) is 1.71. The molecule has 0 amide bonds. The number of carbonyl (C=O) groups excluding carboxylic acids is 1. The molecule has 3 heterocycles. The number of nitrogens with zero attached hydrogens (tertiary/aromatic N) is 1. The van der Waals surface area contributed by atoms with Gasteiger partial charge in [-0.3, -0.25) is 4.79 Å². The van der Waals surface area contributed by atoms with Crippen LogP contribution in [0.3, 0.4) is 0 Å². The minimum atomic E-state index is -0.336. The Morgan fingerprint density at radius 2 is 2.41 bits per heavy atom. The van der Waals surface area contributed by atoms with Crippen LogP contribution in [0.1, 0.15) is 12.7 Å². The van der Waals surface area contributed by atoms with E-state index in [9.17, 15) is 4.79 Å². The second-order valence-corrected chi connectivity index (χ2v) is 3.68. The third-order valence-electron chi connectivity index (χ3n) is 2.44. The van der Waals surface area contributed by atoms with Crippen molar-refractivity contribution in [2.45, 2.75) is 13.5 Å². The molecule has 3 aromatic heterocycles. The number of furan rings is 2. The summed E-state index contributed by atoms with van der Waals surface area (Å²) in [7, 11) is 0. The standard InChI is InChI=1S/C12H9NO4/c1-7(14)16-6-9-4-8-5-13-12-10(2-3-15-12)11(8)17-9/h2-5H,6H2,1H3. The van der Waals surface area contributed by atoms with Crippen molar-refractivity contribution in [3.05, 3.63) is 30.4 Å². The molecule has 5 nitrogen and oxygen atoms in total. The average Bonchev–Trinajstić information content (AvgIpc) is 2.91. The summed E-state index contributed by atoms with van der Waals surface area (Å²) in [4.78, 5) is 14.9. The predicted molar refractivity (Wildman–Crippen MR) is 59.3 cm³/mol. The highest BCUT2D eigenvalue weighted by atomic mass is 16.5. The first-order chi connectivity index (χ1) is 8.24. The first-order valence-corrected chi connectivity index (χ1v) is 5.12. The van der Waals surface area contributed by atoms with Gasteiger partial charge in [0.05, 0.1) is 11.6 Å². The maximum atomic E-state index is 10.7. The van der Waals surface area contributed by atoms with Gasteiger partial charge in [-0.05, 0) is 12.1 Å². The van der Waals surface area contributed by atoms with Crippen molar-refractivity contribution < 1.29 is 18.4 Å². The zero-order chi connectivity index (χ0) is 11.8. The van der Waals surface area contributed by atoms with Crippen LogP contribution in [0.4, 0.5) is 0 Å². The van der Waals surface area contributed by atoms with Crippen LogP contribution >= 0.6 is 0 Å². The summed E-state index contributed by atoms with van der Waals surface area (Å²) in [5.74, 6) is 0.253. The lowest BCUT2D eigenvalue weighted by Crippen LogP contribution is -1.97. The summed E-state index contributed by atoms with van der Waals surface area (Å²) >= 11 is 0. The van der Waals surface area contributed by atoms with Gasteiger partial charge in [0, 0.05) is 18.5 Å². The lowest BCUT2D eigenvalue weighted by molar-refractivity contribution is -0.142. The molecule has 5 heteroatoms. The first kappa shape index (κ1) is 9.89. The van der Waals surface area contributed by atoms with Crippen molar-refractivity contribution in [2.24, 2.45) is 0 Å². The Labute approximate surface area is 96.0 Å². The van der Waals surface area contributed by atoms with E-state index >= 15 is 0 Å². The topological polar surface area (TPSA) is 65.5 Å². The summed E-state index contributed by atoms with van der Waals surface area (Å²) in [5, 5.41) is 1.68. The second-order valence-electron chi connectivity index (χ2n) is 3.68. The third kappa shape index (κ3) is 1.65. The van der Waals surface area contributed by atoms with Crippen molar-refractivity contribution in [2.75, 3.05) is 0 Å². The molecule has 0 radical (unpaired) electrons. The monoisotopic (exact) mass is 231 g/mol. The van der Waals surface area contributed by atoms with Crippen LogP contribution in [-0.2, 0) is 16.1 Å². The molecule has 0 aliphatic carbocycles. The molecule has 3 rings (SSSR count). The van der Waals surface area contributed by atoms with Crippen LogP contribution in [0, 0.1) is 0 Å². The van der Waals surface area contributed by atoms with E-state index < -0.39 is 0 Å². The van der Waals surface area contributed by atoms with E-state index in [0.717, 1.165) is 10.8 Å². The maximum absolute atomic E-state index is 10.7. The number of carbonyl (C=O) groups is 1. The van der Waals surface area contributed by atoms with Crippen molar-refractivity contribution in [1.29, 1.82) is 0 Å². The smallest absolute Gasteiger partial charge is 0.303 e. The van der Waals surface area contributed by atoms with Gasteiger partial charge in [-0.2, -0.15) is 0 Å². The van der Waals surface area contributed by atoms with Gasteiger partial charge >= 0.3 is 5.97 Å². The third-order valence-corrected chi connectivity index (χ3v) is 2.44. The largest absolute Gasteiger partial charge is 0.458 e. The molecule has 17 heavy (non-hydrogen) atoms. The van der Waals surface area contributed by atoms with Crippen molar-refractivity contribution in [3.8, 4) is 0 Å². The quantitative estimate of drug-likeness (QED) is 0.634. The highest BCUT2D eigenvalue weighted by Crippen LogP contribution is 2.27. The van der Waals surface area contributed by atoms with E-state index in [1.165, 1.54) is 6.92 Å². The Morgan fingerprint density at radius 1 is 1.53 bits per heavy atom. The molecule has 0 saturated heterocycles. The summed E-state index contributed by atoms with van der Waals surface area (Å²) in [6.07, 6.45) is 3.23. The summed E-state index contributed by atoms with van der Waals surface area (Å²) in [6, 6.07) is 3.60. The van der Waals surface area contributed by atoms with Crippen LogP contribution in [0.15, 0.2) is 33.4 Å². The normalized spacial score (nSPS) is 11.1. The molecule has 0 unspecified atom stereocenters. The molecule has 0 spiro atoms. The first-order valence-electron chi connectivity index (χ1n) is 5.12. The van der Waals surface area contributed by atoms with Gasteiger partial charge in [0.15, 0.2) is 0 Å². The zero-order valence-electron chi connectivity index (χ0n) is 9.10. The summed E-state index contributed by atoms with van der Waals surface area (Å²) in [5.41, 5.74) is 1.23. The van der Waals surface area contributed by atoms with Gasteiger partial charge in [-0.25, -0.2) is 4.98 Å². The summed E-state index contributed by atoms with van der Waals surface area (Å²) in [6.45, 7) is 1.49. The molecule has 0 bridgehead atoms. The molecule has 0 atom stereocenters. The van der Waals surface area contributed by atoms with Crippen LogP contribution in [0.25, 0.3) is 22.1 Å². The lowest BCUT2D eigenvalue weighted by atomic mass is 10.2. The van der Waals surface area contributed by atoms with Crippen LogP contribution in [-0.4, -0.2) is 11.0 Å². The Hall–Kier alpha value is -2.30. The Morgan fingerprint density at radius 3 is 3.24 bits per heavy atom. The minimum Gasteiger partial charge on any atom is -0.458 e. The number of pyridine rings is 1. The Kier molecular flexibility index (Phi) is 2.11. The van der Waals surface area contributed by atoms with Crippen LogP contribution < -0.4 is 0 Å². The van der Waals surface area contributed by atoms with Crippen LogP contribution in [0.2, 0.25) is 0 Å². The van der Waals surface area contributed by atoms with Gasteiger partial charge in [-0.15, -0.1) is 0 Å². The molecule has 0 aromatic carbocycles. The van der Waals surface area contributed by atoms with Crippen molar-refractivity contribution in [3.63, 3.8) is 0 Å². The Balaban J connectivity index is 2.08. The number of esters is 1. The van der Waals surface area contributed by atoms with Crippen molar-refractivity contribution >= 4 is 28.0 Å². The number of aromatic nitrogens is 1. The highest BCUT2D eigenvalue weighted by molar-refractivity contribution is 6.00. The molecule has 0 N–H and O–H groups in total. The molecule has 3 aromatic rings. The zero-order valence-corrected chi connectivity index (χ0v) is 9.10. The fraction of sp³-hybridized carbons (Fsp3) is 0.167. The van der Waals surface area contributed by atoms with Crippen LogP contribution in [0.5, 0.6) is 0 Å². The van der Waals surface area contributed by atoms with Gasteiger partial charge in [0.1, 0.15) is 18.0 Å². The van der Waals surface area contributed by atoms with Gasteiger partial charge in [-0.1, -0.05) is 0 Å². The molecule has 0 saturated carbocycles. The Bertz CT molecular complexity index is 695. The second kappa shape index (κ2) is 3.62. The fourth-order valence-electron chi connectivity index (χ4n) is 1.71. The van der Waals surface area contributed by atoms with E-state index in [4.69, 9.17) is 13.6 Å². The highest BCUT2D eigenvalue weighted by Gasteiger charge is 2.10. The number of rotatable bonds is 2. The maximum Gasteiger partial charge on any atom is 0.303 e. The lowest BCUT2D eigenvalue weighted by Gasteiger charge is -1.96.